The molecule has 3 aromatic rings. The summed E-state index contributed by atoms with van der Waals surface area (Å²) >= 11 is 1.40. The van der Waals surface area contributed by atoms with Crippen LogP contribution in [0.1, 0.15) is 17.0 Å². The number of para-hydroxylation sites is 2. The molecule has 2 heterocycles. The number of rotatable bonds is 7. The number of thioether (sulfide) groups is 1. The first kappa shape index (κ1) is 19.4. The highest BCUT2D eigenvalue weighted by molar-refractivity contribution is 7.99. The third-order valence-corrected chi connectivity index (χ3v) is 5.49. The van der Waals surface area contributed by atoms with Crippen molar-refractivity contribution >= 4 is 17.7 Å². The molecule has 2 aromatic carbocycles. The van der Waals surface area contributed by atoms with Crippen LogP contribution in [0.25, 0.3) is 0 Å². The van der Waals surface area contributed by atoms with E-state index >= 15 is 0 Å². The Labute approximate surface area is 174 Å². The first-order chi connectivity index (χ1) is 14.2. The van der Waals surface area contributed by atoms with Gasteiger partial charge >= 0.3 is 0 Å². The molecular formula is C22H23N3O3S. The summed E-state index contributed by atoms with van der Waals surface area (Å²) in [6.07, 6.45) is 0.582. The van der Waals surface area contributed by atoms with Crippen LogP contribution >= 0.6 is 11.8 Å². The Hall–Kier alpha value is -2.93. The van der Waals surface area contributed by atoms with Crippen molar-refractivity contribution in [3.05, 3.63) is 71.5 Å². The highest BCUT2D eigenvalue weighted by atomic mass is 32.2. The second-order valence-electron chi connectivity index (χ2n) is 6.87. The van der Waals surface area contributed by atoms with E-state index in [1.807, 2.05) is 49.4 Å². The van der Waals surface area contributed by atoms with Crippen molar-refractivity contribution in [3.63, 3.8) is 0 Å². The van der Waals surface area contributed by atoms with Crippen molar-refractivity contribution in [2.45, 2.75) is 24.6 Å². The van der Waals surface area contributed by atoms with Gasteiger partial charge in [-0.3, -0.25) is 4.79 Å². The number of hydrogen-bond acceptors (Lipinski definition) is 5. The highest BCUT2D eigenvalue weighted by Gasteiger charge is 2.21. The average Bonchev–Trinajstić information content (AvgIpc) is 3.10. The highest BCUT2D eigenvalue weighted by Crippen LogP contribution is 2.30. The second-order valence-corrected chi connectivity index (χ2v) is 7.83. The van der Waals surface area contributed by atoms with E-state index in [0.717, 1.165) is 28.7 Å². The number of H-pyrrole nitrogens is 1. The maximum Gasteiger partial charge on any atom is 0.230 e. The molecule has 7 heteroatoms. The standard InChI is InChI=1S/C22H23N3O3S/c1-15-18(11-16-7-3-2-4-8-16)25-22(24-15)29-14-21(26)23-12-17-13-27-19-9-5-6-10-20(19)28-17/h2-10,17H,11-14H2,1H3,(H,23,26)(H,24,25). The fourth-order valence-corrected chi connectivity index (χ4v) is 3.84. The molecular weight excluding hydrogens is 386 g/mol. The molecule has 0 saturated carbocycles. The molecule has 0 saturated heterocycles. The molecule has 29 heavy (non-hydrogen) atoms. The number of amides is 1. The van der Waals surface area contributed by atoms with Gasteiger partial charge in [-0.1, -0.05) is 54.2 Å². The maximum absolute atomic E-state index is 12.2. The van der Waals surface area contributed by atoms with E-state index in [9.17, 15) is 4.79 Å². The summed E-state index contributed by atoms with van der Waals surface area (Å²) in [6, 6.07) is 17.8. The summed E-state index contributed by atoms with van der Waals surface area (Å²) in [4.78, 5) is 20.1. The van der Waals surface area contributed by atoms with Crippen molar-refractivity contribution in [3.8, 4) is 11.5 Å². The molecule has 0 radical (unpaired) electrons. The lowest BCUT2D eigenvalue weighted by Gasteiger charge is -2.26. The molecule has 150 valence electrons. The quantitative estimate of drug-likeness (QED) is 0.585. The minimum absolute atomic E-state index is 0.0591. The molecule has 1 atom stereocenters. The monoisotopic (exact) mass is 409 g/mol. The van der Waals surface area contributed by atoms with Crippen LogP contribution in [0.2, 0.25) is 0 Å². The zero-order valence-electron chi connectivity index (χ0n) is 16.2. The van der Waals surface area contributed by atoms with Gasteiger partial charge in [0.25, 0.3) is 0 Å². The van der Waals surface area contributed by atoms with Crippen LogP contribution < -0.4 is 14.8 Å². The Kier molecular flexibility index (Phi) is 6.05. The van der Waals surface area contributed by atoms with Gasteiger partial charge in [0.05, 0.1) is 18.0 Å². The third kappa shape index (κ3) is 5.12. The van der Waals surface area contributed by atoms with Crippen molar-refractivity contribution in [1.29, 1.82) is 0 Å². The number of carbonyl (C=O) groups is 1. The van der Waals surface area contributed by atoms with Crippen molar-refractivity contribution in [1.82, 2.24) is 15.3 Å². The second kappa shape index (κ2) is 9.05. The Morgan fingerprint density at radius 3 is 2.76 bits per heavy atom. The fraction of sp³-hybridized carbons (Fsp3) is 0.273. The van der Waals surface area contributed by atoms with Crippen LogP contribution in [-0.2, 0) is 11.2 Å². The van der Waals surface area contributed by atoms with Crippen LogP contribution in [0.5, 0.6) is 11.5 Å². The number of carbonyl (C=O) groups excluding carboxylic acids is 1. The number of benzene rings is 2. The number of hydrogen-bond donors (Lipinski definition) is 2. The summed E-state index contributed by atoms with van der Waals surface area (Å²) < 4.78 is 11.5. The molecule has 6 nitrogen and oxygen atoms in total. The van der Waals surface area contributed by atoms with E-state index in [4.69, 9.17) is 9.47 Å². The van der Waals surface area contributed by atoms with Gasteiger partial charge in [-0.25, -0.2) is 4.98 Å². The summed E-state index contributed by atoms with van der Waals surface area (Å²) in [6.45, 7) is 2.84. The molecule has 1 unspecified atom stereocenters. The van der Waals surface area contributed by atoms with Crippen LogP contribution in [-0.4, -0.2) is 40.9 Å². The summed E-state index contributed by atoms with van der Waals surface area (Å²) in [5.41, 5.74) is 3.25. The van der Waals surface area contributed by atoms with Crippen molar-refractivity contribution in [2.24, 2.45) is 0 Å². The maximum atomic E-state index is 12.2. The SMILES string of the molecule is Cc1[nH]c(SCC(=O)NCC2COc3ccccc3O2)nc1Cc1ccccc1. The number of aromatic amines is 1. The first-order valence-corrected chi connectivity index (χ1v) is 10.5. The van der Waals surface area contributed by atoms with Crippen LogP contribution in [0.4, 0.5) is 0 Å². The lowest BCUT2D eigenvalue weighted by molar-refractivity contribution is -0.119. The third-order valence-electron chi connectivity index (χ3n) is 4.61. The van der Waals surface area contributed by atoms with Crippen LogP contribution in [0, 0.1) is 6.92 Å². The van der Waals surface area contributed by atoms with Gasteiger partial charge in [-0.05, 0) is 24.6 Å². The largest absolute Gasteiger partial charge is 0.486 e. The molecule has 0 fully saturated rings. The van der Waals surface area contributed by atoms with E-state index in [0.29, 0.717) is 24.7 Å². The summed E-state index contributed by atoms with van der Waals surface area (Å²) in [5.74, 6) is 1.69. The zero-order chi connectivity index (χ0) is 20.1. The summed E-state index contributed by atoms with van der Waals surface area (Å²) in [5, 5.41) is 3.67. The average molecular weight is 410 g/mol. The number of ether oxygens (including phenoxy) is 2. The minimum atomic E-state index is -0.192. The van der Waals surface area contributed by atoms with E-state index in [2.05, 4.69) is 27.4 Å². The predicted molar refractivity (Wildman–Crippen MR) is 113 cm³/mol. The smallest absolute Gasteiger partial charge is 0.230 e. The van der Waals surface area contributed by atoms with Gasteiger partial charge < -0.3 is 19.8 Å². The van der Waals surface area contributed by atoms with E-state index in [1.165, 1.54) is 17.3 Å². The first-order valence-electron chi connectivity index (χ1n) is 9.55. The number of fused-ring (bicyclic) bond motifs is 1. The van der Waals surface area contributed by atoms with Crippen LogP contribution in [0.15, 0.2) is 59.8 Å². The van der Waals surface area contributed by atoms with Crippen LogP contribution in [0.3, 0.4) is 0 Å². The molecule has 2 N–H and O–H groups in total. The molecule has 1 aliphatic rings. The Bertz CT molecular complexity index is 974. The predicted octanol–water partition coefficient (Wildman–Crippen LogP) is 3.36. The Morgan fingerprint density at radius 2 is 1.93 bits per heavy atom. The molecule has 1 aliphatic heterocycles. The van der Waals surface area contributed by atoms with Crippen molar-refractivity contribution < 1.29 is 14.3 Å². The Balaban J connectivity index is 1.23. The molecule has 0 bridgehead atoms. The van der Waals surface area contributed by atoms with Gasteiger partial charge in [-0.2, -0.15) is 0 Å². The number of imidazole rings is 1. The molecule has 1 aromatic heterocycles. The van der Waals surface area contributed by atoms with Gasteiger partial charge in [-0.15, -0.1) is 0 Å². The van der Waals surface area contributed by atoms with Crippen molar-refractivity contribution in [2.75, 3.05) is 18.9 Å². The summed E-state index contributed by atoms with van der Waals surface area (Å²) in [7, 11) is 0. The van der Waals surface area contributed by atoms with Gasteiger partial charge in [0.15, 0.2) is 16.7 Å². The fourth-order valence-electron chi connectivity index (χ4n) is 3.07. The molecule has 0 spiro atoms. The van der Waals surface area contributed by atoms with E-state index in [1.54, 1.807) is 0 Å². The van der Waals surface area contributed by atoms with Gasteiger partial charge in [0, 0.05) is 12.1 Å². The number of nitrogens with zero attached hydrogens (tertiary/aromatic N) is 1. The number of nitrogens with one attached hydrogen (secondary N) is 2. The van der Waals surface area contributed by atoms with Gasteiger partial charge in [0.1, 0.15) is 12.7 Å². The Morgan fingerprint density at radius 1 is 1.17 bits per heavy atom. The molecule has 4 rings (SSSR count). The van der Waals surface area contributed by atoms with E-state index in [-0.39, 0.29) is 12.0 Å². The topological polar surface area (TPSA) is 76.2 Å². The number of aromatic nitrogens is 2. The lowest BCUT2D eigenvalue weighted by atomic mass is 10.1. The molecule has 1 amide bonds. The zero-order valence-corrected chi connectivity index (χ0v) is 17.0. The lowest BCUT2D eigenvalue weighted by Crippen LogP contribution is -2.41. The molecule has 0 aliphatic carbocycles. The normalized spacial score (nSPS) is 15.1. The minimum Gasteiger partial charge on any atom is -0.486 e. The number of aryl methyl sites for hydroxylation is 1. The van der Waals surface area contributed by atoms with E-state index < -0.39 is 0 Å². The van der Waals surface area contributed by atoms with Gasteiger partial charge in [0.2, 0.25) is 5.91 Å².